The largest absolute Gasteiger partial charge is 0.385 e. The SMILES string of the molecule is CC(O)(CC=O)c1ccccc1Br. The number of carbonyl (C=O) groups excluding carboxylic acids is 1. The molecule has 1 atom stereocenters. The van der Waals surface area contributed by atoms with Crippen molar-refractivity contribution < 1.29 is 9.90 Å². The summed E-state index contributed by atoms with van der Waals surface area (Å²) < 4.78 is 0.821. The van der Waals surface area contributed by atoms with Gasteiger partial charge in [-0.3, -0.25) is 0 Å². The fraction of sp³-hybridized carbons (Fsp3) is 0.300. The van der Waals surface area contributed by atoms with Crippen molar-refractivity contribution >= 4 is 22.2 Å². The van der Waals surface area contributed by atoms with Crippen LogP contribution in [0, 0.1) is 0 Å². The van der Waals surface area contributed by atoms with Gasteiger partial charge in [0.15, 0.2) is 0 Å². The summed E-state index contributed by atoms with van der Waals surface area (Å²) >= 11 is 3.33. The molecule has 0 saturated heterocycles. The topological polar surface area (TPSA) is 37.3 Å². The number of rotatable bonds is 3. The molecule has 0 bridgehead atoms. The molecule has 0 aliphatic rings. The van der Waals surface area contributed by atoms with Crippen LogP contribution in [-0.4, -0.2) is 11.4 Å². The lowest BCUT2D eigenvalue weighted by Crippen LogP contribution is -2.21. The Morgan fingerprint density at radius 3 is 2.69 bits per heavy atom. The van der Waals surface area contributed by atoms with Gasteiger partial charge in [0.25, 0.3) is 0 Å². The van der Waals surface area contributed by atoms with Crippen molar-refractivity contribution in [3.05, 3.63) is 34.3 Å². The number of hydrogen-bond donors (Lipinski definition) is 1. The highest BCUT2D eigenvalue weighted by Gasteiger charge is 2.24. The molecule has 0 aliphatic carbocycles. The molecule has 3 heteroatoms. The third-order valence-corrected chi connectivity index (χ3v) is 2.63. The van der Waals surface area contributed by atoms with Gasteiger partial charge in [-0.15, -0.1) is 0 Å². The van der Waals surface area contributed by atoms with Crippen molar-refractivity contribution in [1.82, 2.24) is 0 Å². The highest BCUT2D eigenvalue weighted by Crippen LogP contribution is 2.29. The molecule has 2 nitrogen and oxygen atoms in total. The number of aldehydes is 1. The molecule has 0 spiro atoms. The van der Waals surface area contributed by atoms with Gasteiger partial charge >= 0.3 is 0 Å². The molecular weight excluding hydrogens is 232 g/mol. The zero-order chi connectivity index (χ0) is 9.90. The minimum atomic E-state index is -1.08. The van der Waals surface area contributed by atoms with Crippen LogP contribution in [0.3, 0.4) is 0 Å². The van der Waals surface area contributed by atoms with Crippen LogP contribution in [-0.2, 0) is 10.4 Å². The Balaban J connectivity index is 3.06. The van der Waals surface area contributed by atoms with Gasteiger partial charge in [-0.2, -0.15) is 0 Å². The second-order valence-corrected chi connectivity index (χ2v) is 3.98. The lowest BCUT2D eigenvalue weighted by atomic mass is 9.93. The summed E-state index contributed by atoms with van der Waals surface area (Å²) in [5.41, 5.74) is -0.343. The summed E-state index contributed by atoms with van der Waals surface area (Å²) in [5.74, 6) is 0. The highest BCUT2D eigenvalue weighted by atomic mass is 79.9. The third-order valence-electron chi connectivity index (χ3n) is 1.93. The van der Waals surface area contributed by atoms with Crippen LogP contribution in [0.25, 0.3) is 0 Å². The van der Waals surface area contributed by atoms with Gasteiger partial charge in [-0.25, -0.2) is 0 Å². The van der Waals surface area contributed by atoms with Crippen molar-refractivity contribution in [3.8, 4) is 0 Å². The number of hydrogen-bond acceptors (Lipinski definition) is 2. The summed E-state index contributed by atoms with van der Waals surface area (Å²) in [6, 6.07) is 7.34. The maximum Gasteiger partial charge on any atom is 0.123 e. The molecule has 0 saturated carbocycles. The Hall–Kier alpha value is -0.670. The van der Waals surface area contributed by atoms with Gasteiger partial charge in [-0.05, 0) is 18.6 Å². The molecule has 70 valence electrons. The molecule has 0 amide bonds. The minimum absolute atomic E-state index is 0.107. The molecule has 1 N–H and O–H groups in total. The van der Waals surface area contributed by atoms with E-state index in [0.29, 0.717) is 0 Å². The van der Waals surface area contributed by atoms with E-state index < -0.39 is 5.60 Å². The normalized spacial score (nSPS) is 15.0. The molecule has 1 unspecified atom stereocenters. The van der Waals surface area contributed by atoms with Crippen LogP contribution in [0.2, 0.25) is 0 Å². The van der Waals surface area contributed by atoms with Crippen LogP contribution >= 0.6 is 15.9 Å². The van der Waals surface area contributed by atoms with E-state index in [2.05, 4.69) is 15.9 Å². The van der Waals surface area contributed by atoms with Gasteiger partial charge in [0.1, 0.15) is 6.29 Å². The Morgan fingerprint density at radius 1 is 1.54 bits per heavy atom. The first-order valence-electron chi connectivity index (χ1n) is 3.99. The Morgan fingerprint density at radius 2 is 2.15 bits per heavy atom. The number of halogens is 1. The fourth-order valence-corrected chi connectivity index (χ4v) is 1.88. The molecule has 1 aromatic rings. The van der Waals surface area contributed by atoms with Crippen molar-refractivity contribution in [2.75, 3.05) is 0 Å². The average molecular weight is 243 g/mol. The zero-order valence-electron chi connectivity index (χ0n) is 7.33. The molecule has 0 aromatic heterocycles. The molecule has 0 fully saturated rings. The first-order valence-corrected chi connectivity index (χ1v) is 4.78. The van der Waals surface area contributed by atoms with Crippen molar-refractivity contribution in [2.45, 2.75) is 18.9 Å². The molecule has 1 rings (SSSR count). The molecule has 0 heterocycles. The van der Waals surface area contributed by atoms with Crippen LogP contribution < -0.4 is 0 Å². The molecular formula is C10H11BrO2. The van der Waals surface area contributed by atoms with E-state index in [0.717, 1.165) is 16.3 Å². The van der Waals surface area contributed by atoms with Crippen molar-refractivity contribution in [1.29, 1.82) is 0 Å². The Kier molecular flexibility index (Phi) is 3.22. The predicted molar refractivity (Wildman–Crippen MR) is 54.4 cm³/mol. The quantitative estimate of drug-likeness (QED) is 0.826. The lowest BCUT2D eigenvalue weighted by molar-refractivity contribution is -0.112. The van der Waals surface area contributed by atoms with Crippen molar-refractivity contribution in [2.24, 2.45) is 0 Å². The monoisotopic (exact) mass is 242 g/mol. The third kappa shape index (κ3) is 2.39. The summed E-state index contributed by atoms with van der Waals surface area (Å²) in [4.78, 5) is 10.3. The number of benzene rings is 1. The summed E-state index contributed by atoms with van der Waals surface area (Å²) in [5, 5.41) is 9.91. The van der Waals surface area contributed by atoms with Gasteiger partial charge < -0.3 is 9.90 Å². The van der Waals surface area contributed by atoms with E-state index in [-0.39, 0.29) is 6.42 Å². The standard InChI is InChI=1S/C10H11BrO2/c1-10(13,6-7-12)8-4-2-3-5-9(8)11/h2-5,7,13H,6H2,1H3. The smallest absolute Gasteiger partial charge is 0.123 e. The number of carbonyl (C=O) groups is 1. The van der Waals surface area contributed by atoms with E-state index in [1.165, 1.54) is 0 Å². The zero-order valence-corrected chi connectivity index (χ0v) is 8.91. The van der Waals surface area contributed by atoms with Crippen molar-refractivity contribution in [3.63, 3.8) is 0 Å². The summed E-state index contributed by atoms with van der Waals surface area (Å²) in [7, 11) is 0. The molecule has 0 radical (unpaired) electrons. The highest BCUT2D eigenvalue weighted by molar-refractivity contribution is 9.10. The van der Waals surface area contributed by atoms with E-state index in [9.17, 15) is 9.90 Å². The van der Waals surface area contributed by atoms with Gasteiger partial charge in [0.2, 0.25) is 0 Å². The summed E-state index contributed by atoms with van der Waals surface area (Å²) in [6.45, 7) is 1.63. The Labute approximate surface area is 85.7 Å². The van der Waals surface area contributed by atoms with E-state index in [4.69, 9.17) is 0 Å². The maximum absolute atomic E-state index is 10.3. The molecule has 0 aliphatic heterocycles. The second-order valence-electron chi connectivity index (χ2n) is 3.12. The van der Waals surface area contributed by atoms with Gasteiger partial charge in [0.05, 0.1) is 5.60 Å². The van der Waals surface area contributed by atoms with Crippen LogP contribution in [0.5, 0.6) is 0 Å². The Bertz CT molecular complexity index is 308. The lowest BCUT2D eigenvalue weighted by Gasteiger charge is -2.22. The number of aliphatic hydroxyl groups is 1. The van der Waals surface area contributed by atoms with Crippen LogP contribution in [0.4, 0.5) is 0 Å². The molecule has 13 heavy (non-hydrogen) atoms. The maximum atomic E-state index is 10.3. The minimum Gasteiger partial charge on any atom is -0.385 e. The predicted octanol–water partition coefficient (Wildman–Crippen LogP) is 2.25. The first kappa shape index (κ1) is 10.4. The second kappa shape index (κ2) is 4.03. The van der Waals surface area contributed by atoms with E-state index in [1.54, 1.807) is 13.0 Å². The van der Waals surface area contributed by atoms with E-state index >= 15 is 0 Å². The average Bonchev–Trinajstić information content (AvgIpc) is 2.04. The fourth-order valence-electron chi connectivity index (χ4n) is 1.17. The van der Waals surface area contributed by atoms with Gasteiger partial charge in [0, 0.05) is 10.9 Å². The first-order chi connectivity index (χ1) is 6.08. The van der Waals surface area contributed by atoms with E-state index in [1.807, 2.05) is 18.2 Å². The molecule has 1 aromatic carbocycles. The van der Waals surface area contributed by atoms with Crippen LogP contribution in [0.1, 0.15) is 18.9 Å². The summed E-state index contributed by atoms with van der Waals surface area (Å²) in [6.07, 6.45) is 0.828. The van der Waals surface area contributed by atoms with Gasteiger partial charge in [-0.1, -0.05) is 34.1 Å². The van der Waals surface area contributed by atoms with Crippen LogP contribution in [0.15, 0.2) is 28.7 Å².